The minimum absolute atomic E-state index is 0.0436. The first-order valence-corrected chi connectivity index (χ1v) is 12.4. The van der Waals surface area contributed by atoms with Gasteiger partial charge in [0.15, 0.2) is 4.80 Å². The zero-order chi connectivity index (χ0) is 23.9. The summed E-state index contributed by atoms with van der Waals surface area (Å²) in [7, 11) is 3.25. The van der Waals surface area contributed by atoms with Crippen LogP contribution < -0.4 is 24.4 Å². The number of methoxy groups -OCH3 is 2. The Balaban J connectivity index is 1.62. The van der Waals surface area contributed by atoms with Crippen molar-refractivity contribution in [2.24, 2.45) is 4.99 Å². The number of ether oxygens (including phenoxy) is 2. The molecule has 6 rings (SSSR count). The van der Waals surface area contributed by atoms with Crippen molar-refractivity contribution < 1.29 is 9.47 Å². The van der Waals surface area contributed by atoms with Gasteiger partial charge in [0.2, 0.25) is 0 Å². The van der Waals surface area contributed by atoms with Gasteiger partial charge in [-0.25, -0.2) is 4.99 Å². The molecule has 1 aromatic heterocycles. The second kappa shape index (κ2) is 8.71. The lowest BCUT2D eigenvalue weighted by molar-refractivity contribution is 0.402. The minimum atomic E-state index is -0.176. The molecule has 2 heterocycles. The Morgan fingerprint density at radius 1 is 0.971 bits per heavy atom. The van der Waals surface area contributed by atoms with Crippen LogP contribution >= 0.6 is 11.3 Å². The summed E-state index contributed by atoms with van der Waals surface area (Å²) in [5, 5.41) is 0. The number of hydrogen-bond acceptors (Lipinski definition) is 5. The maximum atomic E-state index is 13.9. The van der Waals surface area contributed by atoms with Gasteiger partial charge >= 0.3 is 0 Å². The SMILES string of the molecule is COc1ccc(OC)c(/C=c2/sc3n(c2=O)[C@@H](c2ccccc2)C2=C(N=3)c3ccccc3CC2)c1. The van der Waals surface area contributed by atoms with Gasteiger partial charge in [0.05, 0.1) is 30.5 Å². The smallest absolute Gasteiger partial charge is 0.271 e. The summed E-state index contributed by atoms with van der Waals surface area (Å²) in [5.74, 6) is 1.39. The summed E-state index contributed by atoms with van der Waals surface area (Å²) in [5.41, 5.74) is 6.53. The van der Waals surface area contributed by atoms with E-state index in [-0.39, 0.29) is 11.6 Å². The number of aryl methyl sites for hydroxylation is 1. The molecule has 0 bridgehead atoms. The monoisotopic (exact) mass is 480 g/mol. The van der Waals surface area contributed by atoms with Gasteiger partial charge in [-0.15, -0.1) is 0 Å². The fourth-order valence-corrected chi connectivity index (χ4v) is 6.04. The average Bonchev–Trinajstić information content (AvgIpc) is 3.22. The topological polar surface area (TPSA) is 52.8 Å². The summed E-state index contributed by atoms with van der Waals surface area (Å²) >= 11 is 1.42. The molecule has 35 heavy (non-hydrogen) atoms. The summed E-state index contributed by atoms with van der Waals surface area (Å²) < 4.78 is 13.4. The van der Waals surface area contributed by atoms with E-state index in [0.29, 0.717) is 20.8 Å². The van der Waals surface area contributed by atoms with Gasteiger partial charge in [0, 0.05) is 11.1 Å². The molecule has 0 saturated heterocycles. The highest BCUT2D eigenvalue weighted by molar-refractivity contribution is 7.07. The van der Waals surface area contributed by atoms with Crippen LogP contribution in [0.25, 0.3) is 11.8 Å². The van der Waals surface area contributed by atoms with E-state index in [1.165, 1.54) is 28.0 Å². The van der Waals surface area contributed by atoms with Crippen molar-refractivity contribution in [1.29, 1.82) is 0 Å². The third-order valence-corrected chi connectivity index (χ3v) is 7.69. The van der Waals surface area contributed by atoms with E-state index in [4.69, 9.17) is 14.5 Å². The highest BCUT2D eigenvalue weighted by atomic mass is 32.1. The molecule has 5 nitrogen and oxygen atoms in total. The zero-order valence-corrected chi connectivity index (χ0v) is 20.3. The molecule has 0 N–H and O–H groups in total. The van der Waals surface area contributed by atoms with Gasteiger partial charge in [0.1, 0.15) is 11.5 Å². The molecule has 1 aliphatic carbocycles. The normalized spacial score (nSPS) is 16.7. The van der Waals surface area contributed by atoms with Crippen LogP contribution in [-0.4, -0.2) is 18.8 Å². The Hall–Kier alpha value is -3.90. The molecule has 0 fully saturated rings. The van der Waals surface area contributed by atoms with Gasteiger partial charge in [-0.3, -0.25) is 9.36 Å². The highest BCUT2D eigenvalue weighted by Crippen LogP contribution is 2.41. The van der Waals surface area contributed by atoms with Crippen molar-refractivity contribution in [1.82, 2.24) is 4.57 Å². The van der Waals surface area contributed by atoms with Gasteiger partial charge in [0.25, 0.3) is 5.56 Å². The van der Waals surface area contributed by atoms with Crippen LogP contribution in [0.15, 0.2) is 88.2 Å². The maximum absolute atomic E-state index is 13.9. The van der Waals surface area contributed by atoms with Gasteiger partial charge in [-0.2, -0.15) is 0 Å². The van der Waals surface area contributed by atoms with E-state index in [2.05, 4.69) is 36.4 Å². The number of aromatic nitrogens is 1. The fraction of sp³-hybridized carbons (Fsp3) is 0.172. The average molecular weight is 481 g/mol. The Morgan fingerprint density at radius 3 is 2.57 bits per heavy atom. The molecule has 0 spiro atoms. The lowest BCUT2D eigenvalue weighted by Gasteiger charge is -2.30. The quantitative estimate of drug-likeness (QED) is 0.437. The van der Waals surface area contributed by atoms with Crippen LogP contribution in [0.3, 0.4) is 0 Å². The maximum Gasteiger partial charge on any atom is 0.271 e. The molecule has 1 atom stereocenters. The number of nitrogens with zero attached hydrogens (tertiary/aromatic N) is 2. The first-order valence-electron chi connectivity index (χ1n) is 11.6. The van der Waals surface area contributed by atoms with E-state index in [9.17, 15) is 4.79 Å². The standard InChI is InChI=1S/C29H24N2O3S/c1-33-21-13-15-24(34-2)20(16-21)17-25-28(32)31-27(19-9-4-3-5-10-19)23-14-12-18-8-6-7-11-22(18)26(23)30-29(31)35-25/h3-11,13,15-17,27H,12,14H2,1-2H3/b25-17+/t27-/m0/s1. The largest absolute Gasteiger partial charge is 0.497 e. The number of hydrogen-bond donors (Lipinski definition) is 0. The zero-order valence-electron chi connectivity index (χ0n) is 19.5. The summed E-state index contributed by atoms with van der Waals surface area (Å²) in [6, 6.07) is 24.1. The fourth-order valence-electron chi connectivity index (χ4n) is 5.05. The minimum Gasteiger partial charge on any atom is -0.497 e. The Labute approximate surface area is 206 Å². The van der Waals surface area contributed by atoms with Crippen LogP contribution in [0.4, 0.5) is 0 Å². The van der Waals surface area contributed by atoms with Gasteiger partial charge in [-0.05, 0) is 53.8 Å². The third-order valence-electron chi connectivity index (χ3n) is 6.71. The molecule has 0 saturated carbocycles. The Kier molecular flexibility index (Phi) is 5.38. The van der Waals surface area contributed by atoms with Crippen molar-refractivity contribution >= 4 is 23.1 Å². The van der Waals surface area contributed by atoms with Crippen molar-refractivity contribution in [3.05, 3.63) is 120 Å². The van der Waals surface area contributed by atoms with Crippen LogP contribution in [-0.2, 0) is 6.42 Å². The van der Waals surface area contributed by atoms with E-state index >= 15 is 0 Å². The molecular formula is C29H24N2O3S. The predicted octanol–water partition coefficient (Wildman–Crippen LogP) is 4.34. The molecule has 0 amide bonds. The predicted molar refractivity (Wildman–Crippen MR) is 139 cm³/mol. The first kappa shape index (κ1) is 21.6. The molecule has 1 aliphatic heterocycles. The Morgan fingerprint density at radius 2 is 1.77 bits per heavy atom. The van der Waals surface area contributed by atoms with Crippen LogP contribution in [0.1, 0.15) is 34.7 Å². The number of fused-ring (bicyclic) bond motifs is 3. The second-order valence-corrected chi connectivity index (χ2v) is 9.64. The molecule has 6 heteroatoms. The van der Waals surface area contributed by atoms with E-state index < -0.39 is 0 Å². The molecule has 0 radical (unpaired) electrons. The summed E-state index contributed by atoms with van der Waals surface area (Å²) in [6.45, 7) is 0. The van der Waals surface area contributed by atoms with E-state index in [1.54, 1.807) is 14.2 Å². The molecule has 3 aromatic carbocycles. The number of allylic oxidation sites excluding steroid dienone is 1. The van der Waals surface area contributed by atoms with E-state index in [1.807, 2.05) is 47.0 Å². The van der Waals surface area contributed by atoms with Crippen LogP contribution in [0.5, 0.6) is 11.5 Å². The summed E-state index contributed by atoms with van der Waals surface area (Å²) in [6.07, 6.45) is 3.70. The second-order valence-electron chi connectivity index (χ2n) is 8.63. The Bertz CT molecular complexity index is 1650. The van der Waals surface area contributed by atoms with Crippen molar-refractivity contribution in [3.63, 3.8) is 0 Å². The first-order chi connectivity index (χ1) is 17.2. The third kappa shape index (κ3) is 3.61. The number of benzene rings is 3. The molecule has 0 unspecified atom stereocenters. The van der Waals surface area contributed by atoms with Crippen LogP contribution in [0.2, 0.25) is 0 Å². The lowest BCUT2D eigenvalue weighted by Crippen LogP contribution is -2.38. The van der Waals surface area contributed by atoms with Gasteiger partial charge in [-0.1, -0.05) is 65.9 Å². The summed E-state index contributed by atoms with van der Waals surface area (Å²) in [4.78, 5) is 19.6. The van der Waals surface area contributed by atoms with Crippen molar-refractivity contribution in [3.8, 4) is 11.5 Å². The lowest BCUT2D eigenvalue weighted by atomic mass is 9.83. The highest BCUT2D eigenvalue weighted by Gasteiger charge is 2.32. The van der Waals surface area contributed by atoms with Crippen LogP contribution in [0, 0.1) is 0 Å². The van der Waals surface area contributed by atoms with Gasteiger partial charge < -0.3 is 9.47 Å². The van der Waals surface area contributed by atoms with E-state index in [0.717, 1.165) is 29.7 Å². The van der Waals surface area contributed by atoms with Crippen molar-refractivity contribution in [2.75, 3.05) is 14.2 Å². The molecular weight excluding hydrogens is 456 g/mol. The number of rotatable bonds is 4. The van der Waals surface area contributed by atoms with Crippen molar-refractivity contribution in [2.45, 2.75) is 18.9 Å². The number of thiazole rings is 1. The molecule has 2 aliphatic rings. The molecule has 4 aromatic rings. The molecule has 174 valence electrons.